The molecule has 47 heavy (non-hydrogen) atoms. The molecule has 1 heterocycles. The van der Waals surface area contributed by atoms with Crippen molar-refractivity contribution in [3.63, 3.8) is 0 Å². The van der Waals surface area contributed by atoms with E-state index in [1.54, 1.807) is 0 Å². The molecule has 0 bridgehead atoms. The summed E-state index contributed by atoms with van der Waals surface area (Å²) >= 11 is 0. The Hall–Kier alpha value is -6.43. The highest BCUT2D eigenvalue weighted by Crippen LogP contribution is 2.47. The van der Waals surface area contributed by atoms with Crippen LogP contribution in [0.1, 0.15) is 0 Å². The van der Waals surface area contributed by atoms with Crippen LogP contribution in [0, 0.1) is 6.57 Å². The van der Waals surface area contributed by atoms with Gasteiger partial charge in [-0.1, -0.05) is 140 Å². The zero-order valence-corrected chi connectivity index (χ0v) is 25.6. The predicted octanol–water partition coefficient (Wildman–Crippen LogP) is 12.6. The van der Waals surface area contributed by atoms with Gasteiger partial charge in [0.25, 0.3) is 0 Å². The zero-order chi connectivity index (χ0) is 31.3. The first-order chi connectivity index (χ1) is 23.3. The van der Waals surface area contributed by atoms with Crippen LogP contribution < -0.4 is 0 Å². The van der Waals surface area contributed by atoms with Gasteiger partial charge in [0.1, 0.15) is 0 Å². The summed E-state index contributed by atoms with van der Waals surface area (Å²) in [6.07, 6.45) is 0. The number of fused-ring (bicyclic) bond motifs is 5. The van der Waals surface area contributed by atoms with Crippen LogP contribution in [-0.2, 0) is 0 Å². The first kappa shape index (κ1) is 26.9. The topological polar surface area (TPSA) is 9.29 Å². The molecule has 0 aliphatic rings. The van der Waals surface area contributed by atoms with Gasteiger partial charge in [0.05, 0.1) is 17.6 Å². The Bertz CT molecular complexity index is 2560. The smallest absolute Gasteiger partial charge is 0.187 e. The lowest BCUT2D eigenvalue weighted by atomic mass is 9.83. The highest BCUT2D eigenvalue weighted by molar-refractivity contribution is 6.22. The molecule has 0 aliphatic carbocycles. The first-order valence-corrected chi connectivity index (χ1v) is 15.9. The van der Waals surface area contributed by atoms with E-state index < -0.39 is 0 Å². The fourth-order valence-corrected chi connectivity index (χ4v) is 7.39. The summed E-state index contributed by atoms with van der Waals surface area (Å²) in [5, 5.41) is 7.26. The van der Waals surface area contributed by atoms with Crippen LogP contribution in [0.15, 0.2) is 170 Å². The Kier molecular flexibility index (Phi) is 6.23. The molecule has 8 aromatic carbocycles. The van der Waals surface area contributed by atoms with E-state index in [0.717, 1.165) is 27.9 Å². The molecule has 9 aromatic rings. The number of rotatable bonds is 4. The monoisotopic (exact) mass is 596 g/mol. The van der Waals surface area contributed by atoms with E-state index in [-0.39, 0.29) is 0 Å². The summed E-state index contributed by atoms with van der Waals surface area (Å²) in [7, 11) is 0. The Labute approximate surface area is 273 Å². The van der Waals surface area contributed by atoms with Crippen LogP contribution in [0.3, 0.4) is 0 Å². The molecule has 0 unspecified atom stereocenters. The number of para-hydroxylation sites is 2. The van der Waals surface area contributed by atoms with Crippen molar-refractivity contribution in [1.29, 1.82) is 0 Å². The Morgan fingerprint density at radius 1 is 0.383 bits per heavy atom. The number of hydrogen-bond donors (Lipinski definition) is 0. The van der Waals surface area contributed by atoms with Gasteiger partial charge in [-0.2, -0.15) is 0 Å². The van der Waals surface area contributed by atoms with E-state index in [1.807, 2.05) is 6.07 Å². The maximum Gasteiger partial charge on any atom is 0.187 e. The summed E-state index contributed by atoms with van der Waals surface area (Å²) in [6, 6.07) is 60.3. The minimum atomic E-state index is 0.631. The third kappa shape index (κ3) is 4.26. The summed E-state index contributed by atoms with van der Waals surface area (Å²) in [4.78, 5) is 3.87. The van der Waals surface area contributed by atoms with Crippen molar-refractivity contribution in [3.05, 3.63) is 181 Å². The molecule has 2 heteroatoms. The molecule has 0 amide bonds. The molecule has 1 aromatic heterocycles. The van der Waals surface area contributed by atoms with Crippen LogP contribution in [0.25, 0.3) is 87.3 Å². The van der Waals surface area contributed by atoms with E-state index >= 15 is 0 Å². The molecule has 0 N–H and O–H groups in total. The van der Waals surface area contributed by atoms with Crippen molar-refractivity contribution in [3.8, 4) is 39.1 Å². The fourth-order valence-electron chi connectivity index (χ4n) is 7.39. The van der Waals surface area contributed by atoms with Crippen LogP contribution in [0.2, 0.25) is 0 Å². The molecule has 0 spiro atoms. The number of benzene rings is 8. The summed E-state index contributed by atoms with van der Waals surface area (Å²) in [5.41, 5.74) is 11.0. The second-order valence-corrected chi connectivity index (χ2v) is 12.0. The quantitative estimate of drug-likeness (QED) is 0.141. The lowest BCUT2D eigenvalue weighted by Gasteiger charge is -2.20. The molecule has 2 nitrogen and oxygen atoms in total. The van der Waals surface area contributed by atoms with E-state index in [0.29, 0.717) is 5.69 Å². The van der Waals surface area contributed by atoms with Crippen molar-refractivity contribution < 1.29 is 0 Å². The van der Waals surface area contributed by atoms with Gasteiger partial charge in [-0.3, -0.25) is 0 Å². The third-order valence-corrected chi connectivity index (χ3v) is 9.41. The van der Waals surface area contributed by atoms with Crippen LogP contribution in [0.4, 0.5) is 5.69 Å². The molecule has 0 radical (unpaired) electrons. The van der Waals surface area contributed by atoms with Gasteiger partial charge in [0.15, 0.2) is 5.69 Å². The number of aromatic nitrogens is 1. The van der Waals surface area contributed by atoms with Crippen LogP contribution >= 0.6 is 0 Å². The zero-order valence-electron chi connectivity index (χ0n) is 25.6. The molecular formula is C45H28N2. The second-order valence-electron chi connectivity index (χ2n) is 12.0. The van der Waals surface area contributed by atoms with Crippen molar-refractivity contribution in [2.75, 3.05) is 0 Å². The molecule has 0 saturated carbocycles. The van der Waals surface area contributed by atoms with Crippen molar-refractivity contribution in [2.24, 2.45) is 0 Å². The molecule has 0 fully saturated rings. The standard InChI is InChI=1S/C45H28N2/c1-46-32-25-28-34(30-23-26-33(27-24-30)47-42-21-11-9-15-35(42)36-16-10-12-22-43(36)47)41(29-32)45-39-19-7-5-17-37(39)44(31-13-3-2-4-14-31)38-18-6-8-20-40(38)45/h2-29H. The van der Waals surface area contributed by atoms with E-state index in [2.05, 4.69) is 173 Å². The van der Waals surface area contributed by atoms with E-state index in [1.165, 1.54) is 54.5 Å². The van der Waals surface area contributed by atoms with Crippen molar-refractivity contribution in [2.45, 2.75) is 0 Å². The SMILES string of the molecule is [C-]#[N+]c1ccc(-c2ccc(-n3c4ccccc4c4ccccc43)cc2)c(-c2c3ccccc3c(-c3ccccc3)c3ccccc23)c1. The molecule has 218 valence electrons. The van der Waals surface area contributed by atoms with Crippen molar-refractivity contribution in [1.82, 2.24) is 4.57 Å². The van der Waals surface area contributed by atoms with Gasteiger partial charge in [0, 0.05) is 16.5 Å². The number of nitrogens with zero attached hydrogens (tertiary/aromatic N) is 2. The molecule has 0 atom stereocenters. The van der Waals surface area contributed by atoms with Crippen LogP contribution in [-0.4, -0.2) is 4.57 Å². The van der Waals surface area contributed by atoms with Gasteiger partial charge < -0.3 is 4.57 Å². The summed E-state index contributed by atoms with van der Waals surface area (Å²) in [5.74, 6) is 0. The first-order valence-electron chi connectivity index (χ1n) is 15.9. The van der Waals surface area contributed by atoms with E-state index in [9.17, 15) is 0 Å². The van der Waals surface area contributed by atoms with Gasteiger partial charge in [-0.05, 0) is 85.3 Å². The number of hydrogen-bond acceptors (Lipinski definition) is 0. The molecule has 0 aliphatic heterocycles. The van der Waals surface area contributed by atoms with Crippen molar-refractivity contribution >= 4 is 49.0 Å². The van der Waals surface area contributed by atoms with Gasteiger partial charge >= 0.3 is 0 Å². The second kappa shape index (κ2) is 10.9. The lowest BCUT2D eigenvalue weighted by Crippen LogP contribution is -1.95. The minimum Gasteiger partial charge on any atom is -0.309 e. The largest absolute Gasteiger partial charge is 0.309 e. The maximum atomic E-state index is 7.91. The van der Waals surface area contributed by atoms with E-state index in [4.69, 9.17) is 6.57 Å². The predicted molar refractivity (Wildman–Crippen MR) is 198 cm³/mol. The maximum absolute atomic E-state index is 7.91. The summed E-state index contributed by atoms with van der Waals surface area (Å²) in [6.45, 7) is 7.91. The van der Waals surface area contributed by atoms with Gasteiger partial charge in [-0.15, -0.1) is 0 Å². The average molecular weight is 597 g/mol. The highest BCUT2D eigenvalue weighted by Gasteiger charge is 2.19. The molecular weight excluding hydrogens is 569 g/mol. The molecule has 0 saturated heterocycles. The lowest BCUT2D eigenvalue weighted by molar-refractivity contribution is 1.18. The van der Waals surface area contributed by atoms with Gasteiger partial charge in [0.2, 0.25) is 0 Å². The van der Waals surface area contributed by atoms with Crippen LogP contribution in [0.5, 0.6) is 0 Å². The highest BCUT2D eigenvalue weighted by atomic mass is 15.0. The Morgan fingerprint density at radius 2 is 0.872 bits per heavy atom. The Morgan fingerprint density at radius 3 is 1.43 bits per heavy atom. The normalized spacial score (nSPS) is 11.4. The fraction of sp³-hybridized carbons (Fsp3) is 0. The Balaban J connectivity index is 1.29. The third-order valence-electron chi connectivity index (χ3n) is 9.41. The average Bonchev–Trinajstić information content (AvgIpc) is 3.48. The summed E-state index contributed by atoms with van der Waals surface area (Å²) < 4.78 is 2.35. The minimum absolute atomic E-state index is 0.631. The molecule has 9 rings (SSSR count). The van der Waals surface area contributed by atoms with Gasteiger partial charge in [-0.25, -0.2) is 4.85 Å².